The number of amides is 2. The molecule has 1 rings (SSSR count). The minimum atomic E-state index is -0.466. The van der Waals surface area contributed by atoms with Gasteiger partial charge < -0.3 is 10.6 Å². The summed E-state index contributed by atoms with van der Waals surface area (Å²) >= 11 is 0. The third-order valence-corrected chi connectivity index (χ3v) is 3.65. The summed E-state index contributed by atoms with van der Waals surface area (Å²) in [5, 5.41) is 16.0. The second-order valence-corrected chi connectivity index (χ2v) is 5.66. The number of hydrogen-bond donors (Lipinski definition) is 2. The van der Waals surface area contributed by atoms with Gasteiger partial charge >= 0.3 is 6.03 Å². The average molecular weight is 321 g/mol. The maximum absolute atomic E-state index is 11.7. The van der Waals surface area contributed by atoms with Crippen LogP contribution in [0.4, 0.5) is 16.2 Å². The molecule has 0 saturated heterocycles. The number of nitro groups is 1. The van der Waals surface area contributed by atoms with Crippen molar-refractivity contribution in [2.45, 2.75) is 58.3 Å². The number of carbonyl (C=O) groups is 1. The number of benzene rings is 1. The molecule has 6 nitrogen and oxygen atoms in total. The highest BCUT2D eigenvalue weighted by molar-refractivity contribution is 5.89. The number of nitrogens with zero attached hydrogens (tertiary/aromatic N) is 1. The van der Waals surface area contributed by atoms with E-state index >= 15 is 0 Å². The first-order chi connectivity index (χ1) is 11.1. The number of nitro benzene ring substituents is 1. The molecule has 0 radical (unpaired) electrons. The normalized spacial score (nSPS) is 10.3. The Labute approximate surface area is 137 Å². The number of hydrogen-bond acceptors (Lipinski definition) is 3. The molecule has 0 atom stereocenters. The molecular formula is C17H27N3O3. The number of nitrogens with one attached hydrogen (secondary N) is 2. The van der Waals surface area contributed by atoms with Crippen molar-refractivity contribution in [1.82, 2.24) is 5.32 Å². The van der Waals surface area contributed by atoms with Gasteiger partial charge in [-0.1, -0.05) is 51.9 Å². The minimum Gasteiger partial charge on any atom is -0.338 e. The number of rotatable bonds is 11. The van der Waals surface area contributed by atoms with Gasteiger partial charge in [-0.3, -0.25) is 10.1 Å². The lowest BCUT2D eigenvalue weighted by Gasteiger charge is -2.07. The van der Waals surface area contributed by atoms with Crippen LogP contribution < -0.4 is 10.6 Å². The Kier molecular flexibility index (Phi) is 9.43. The fourth-order valence-electron chi connectivity index (χ4n) is 2.30. The van der Waals surface area contributed by atoms with E-state index in [9.17, 15) is 14.9 Å². The molecule has 2 N–H and O–H groups in total. The van der Waals surface area contributed by atoms with Crippen molar-refractivity contribution in [3.05, 3.63) is 34.4 Å². The first-order valence-electron chi connectivity index (χ1n) is 8.42. The molecule has 0 unspecified atom stereocenters. The molecule has 0 fully saturated rings. The largest absolute Gasteiger partial charge is 0.338 e. The van der Waals surface area contributed by atoms with Gasteiger partial charge in [-0.25, -0.2) is 4.79 Å². The summed E-state index contributed by atoms with van der Waals surface area (Å²) in [6.45, 7) is 2.86. The van der Waals surface area contributed by atoms with Crippen molar-refractivity contribution in [2.75, 3.05) is 11.9 Å². The van der Waals surface area contributed by atoms with Crippen molar-refractivity contribution in [1.29, 1.82) is 0 Å². The van der Waals surface area contributed by atoms with E-state index in [1.165, 1.54) is 62.8 Å². The van der Waals surface area contributed by atoms with E-state index in [1.54, 1.807) is 0 Å². The average Bonchev–Trinajstić information content (AvgIpc) is 2.54. The number of anilines is 1. The van der Waals surface area contributed by atoms with Crippen LogP contribution in [0.25, 0.3) is 0 Å². The van der Waals surface area contributed by atoms with E-state index in [0.717, 1.165) is 12.8 Å². The first kappa shape index (κ1) is 18.9. The highest BCUT2D eigenvalue weighted by Gasteiger charge is 2.05. The zero-order chi connectivity index (χ0) is 16.9. The number of unbranched alkanes of at least 4 members (excludes halogenated alkanes) is 7. The highest BCUT2D eigenvalue weighted by Crippen LogP contribution is 2.15. The molecule has 6 heteroatoms. The molecule has 0 heterocycles. The van der Waals surface area contributed by atoms with Crippen LogP contribution in [-0.4, -0.2) is 17.5 Å². The first-order valence-corrected chi connectivity index (χ1v) is 8.42. The summed E-state index contributed by atoms with van der Waals surface area (Å²) in [5.74, 6) is 0. The van der Waals surface area contributed by atoms with Gasteiger partial charge in [0.25, 0.3) is 5.69 Å². The quantitative estimate of drug-likeness (QED) is 0.347. The van der Waals surface area contributed by atoms with Gasteiger partial charge in [-0.05, 0) is 18.6 Å². The van der Waals surface area contributed by atoms with Crippen LogP contribution in [0.3, 0.4) is 0 Å². The van der Waals surface area contributed by atoms with E-state index in [2.05, 4.69) is 17.6 Å². The molecule has 0 aliphatic carbocycles. The second kappa shape index (κ2) is 11.5. The molecular weight excluding hydrogens is 294 g/mol. The zero-order valence-corrected chi connectivity index (χ0v) is 13.8. The van der Waals surface area contributed by atoms with E-state index in [1.807, 2.05) is 0 Å². The van der Waals surface area contributed by atoms with Crippen LogP contribution in [0.5, 0.6) is 0 Å². The molecule has 128 valence electrons. The van der Waals surface area contributed by atoms with Crippen LogP contribution in [0, 0.1) is 10.1 Å². The Bertz CT molecular complexity index is 474. The molecule has 0 saturated carbocycles. The van der Waals surface area contributed by atoms with Crippen molar-refractivity contribution >= 4 is 17.4 Å². The lowest BCUT2D eigenvalue weighted by Crippen LogP contribution is -2.29. The molecule has 2 amide bonds. The molecule has 0 spiro atoms. The van der Waals surface area contributed by atoms with Crippen LogP contribution >= 0.6 is 0 Å². The van der Waals surface area contributed by atoms with E-state index < -0.39 is 4.92 Å². The Morgan fingerprint density at radius 2 is 1.57 bits per heavy atom. The monoisotopic (exact) mass is 321 g/mol. The molecule has 23 heavy (non-hydrogen) atoms. The van der Waals surface area contributed by atoms with Gasteiger partial charge in [0, 0.05) is 24.4 Å². The van der Waals surface area contributed by atoms with E-state index in [-0.39, 0.29) is 11.7 Å². The smallest absolute Gasteiger partial charge is 0.319 e. The van der Waals surface area contributed by atoms with E-state index in [0.29, 0.717) is 12.2 Å². The topological polar surface area (TPSA) is 84.3 Å². The zero-order valence-electron chi connectivity index (χ0n) is 13.8. The van der Waals surface area contributed by atoms with Crippen molar-refractivity contribution in [3.8, 4) is 0 Å². The van der Waals surface area contributed by atoms with Crippen molar-refractivity contribution in [3.63, 3.8) is 0 Å². The molecule has 1 aromatic rings. The fourth-order valence-corrected chi connectivity index (χ4v) is 2.30. The van der Waals surface area contributed by atoms with Crippen LogP contribution in [0.1, 0.15) is 58.3 Å². The van der Waals surface area contributed by atoms with Crippen LogP contribution in [0.2, 0.25) is 0 Å². The SMILES string of the molecule is CCCCCCCCCCNC(=O)Nc1ccc([N+](=O)[O-])cc1. The van der Waals surface area contributed by atoms with Crippen LogP contribution in [0.15, 0.2) is 24.3 Å². The molecule has 0 aliphatic heterocycles. The third-order valence-electron chi connectivity index (χ3n) is 3.65. The summed E-state index contributed by atoms with van der Waals surface area (Å²) in [6.07, 6.45) is 9.82. The Morgan fingerprint density at radius 1 is 1.00 bits per heavy atom. The maximum Gasteiger partial charge on any atom is 0.319 e. The summed E-state index contributed by atoms with van der Waals surface area (Å²) in [4.78, 5) is 21.8. The fraction of sp³-hybridized carbons (Fsp3) is 0.588. The number of carbonyl (C=O) groups excluding carboxylic acids is 1. The third kappa shape index (κ3) is 8.80. The van der Waals surface area contributed by atoms with Crippen molar-refractivity contribution < 1.29 is 9.72 Å². The molecule has 1 aromatic carbocycles. The molecule has 0 aromatic heterocycles. The lowest BCUT2D eigenvalue weighted by molar-refractivity contribution is -0.384. The van der Waals surface area contributed by atoms with Crippen molar-refractivity contribution in [2.24, 2.45) is 0 Å². The number of urea groups is 1. The highest BCUT2D eigenvalue weighted by atomic mass is 16.6. The Morgan fingerprint density at radius 3 is 2.13 bits per heavy atom. The van der Waals surface area contributed by atoms with E-state index in [4.69, 9.17) is 0 Å². The predicted octanol–water partition coefficient (Wildman–Crippen LogP) is 4.86. The minimum absolute atomic E-state index is 0.00916. The maximum atomic E-state index is 11.7. The van der Waals surface area contributed by atoms with Gasteiger partial charge in [0.1, 0.15) is 0 Å². The Balaban J connectivity index is 2.07. The summed E-state index contributed by atoms with van der Waals surface area (Å²) < 4.78 is 0. The second-order valence-electron chi connectivity index (χ2n) is 5.66. The molecule has 0 bridgehead atoms. The summed E-state index contributed by atoms with van der Waals surface area (Å²) in [6, 6.07) is 5.51. The van der Waals surface area contributed by atoms with Gasteiger partial charge in [-0.2, -0.15) is 0 Å². The van der Waals surface area contributed by atoms with Gasteiger partial charge in [0.2, 0.25) is 0 Å². The lowest BCUT2D eigenvalue weighted by atomic mass is 10.1. The van der Waals surface area contributed by atoms with Gasteiger partial charge in [-0.15, -0.1) is 0 Å². The Hall–Kier alpha value is -2.11. The summed E-state index contributed by atoms with van der Waals surface area (Å²) in [5.41, 5.74) is 0.555. The summed E-state index contributed by atoms with van der Waals surface area (Å²) in [7, 11) is 0. The predicted molar refractivity (Wildman–Crippen MR) is 92.7 cm³/mol. The molecule has 0 aliphatic rings. The van der Waals surface area contributed by atoms with Gasteiger partial charge in [0.15, 0.2) is 0 Å². The number of non-ortho nitro benzene ring substituents is 1. The van der Waals surface area contributed by atoms with Crippen LogP contribution in [-0.2, 0) is 0 Å². The van der Waals surface area contributed by atoms with Gasteiger partial charge in [0.05, 0.1) is 4.92 Å². The standard InChI is InChI=1S/C17H27N3O3/c1-2-3-4-5-6-7-8-9-14-18-17(21)19-15-10-12-16(13-11-15)20(22)23/h10-13H,2-9,14H2,1H3,(H2,18,19,21).